The Bertz CT molecular complexity index is 292. The van der Waals surface area contributed by atoms with Crippen LogP contribution in [0.3, 0.4) is 0 Å². The highest BCUT2D eigenvalue weighted by Crippen LogP contribution is 2.05. The van der Waals surface area contributed by atoms with Gasteiger partial charge in [-0.1, -0.05) is 18.2 Å². The molecular formula is C12H16O3. The first kappa shape index (κ1) is 13.4. The van der Waals surface area contributed by atoms with E-state index in [0.29, 0.717) is 0 Å². The molecule has 0 bridgehead atoms. The van der Waals surface area contributed by atoms with Gasteiger partial charge < -0.3 is 4.74 Å². The van der Waals surface area contributed by atoms with Crippen LogP contribution in [0.5, 0.6) is 5.75 Å². The van der Waals surface area contributed by atoms with Crippen molar-refractivity contribution in [3.05, 3.63) is 30.3 Å². The number of benzene rings is 1. The lowest BCUT2D eigenvalue weighted by Crippen LogP contribution is -1.97. The van der Waals surface area contributed by atoms with Gasteiger partial charge in [-0.15, -0.1) is 0 Å². The zero-order chi connectivity index (χ0) is 11.7. The van der Waals surface area contributed by atoms with Gasteiger partial charge in [-0.2, -0.15) is 0 Å². The van der Waals surface area contributed by atoms with Crippen LogP contribution >= 0.6 is 0 Å². The highest BCUT2D eigenvalue weighted by atomic mass is 16.5. The number of carbonyl (C=O) groups is 2. The number of ketones is 2. The molecule has 0 saturated carbocycles. The molecule has 3 heteroatoms. The predicted octanol–water partition coefficient (Wildman–Crippen LogP) is 2.25. The first-order valence-corrected chi connectivity index (χ1v) is 4.64. The summed E-state index contributed by atoms with van der Waals surface area (Å²) in [6.07, 6.45) is 0.0833. The van der Waals surface area contributed by atoms with Crippen LogP contribution in [0.2, 0.25) is 0 Å². The molecule has 0 spiro atoms. The zero-order valence-corrected chi connectivity index (χ0v) is 9.32. The summed E-state index contributed by atoms with van der Waals surface area (Å²) < 4.78 is 4.91. The summed E-state index contributed by atoms with van der Waals surface area (Å²) in [6, 6.07) is 9.68. The van der Waals surface area contributed by atoms with Crippen molar-refractivity contribution in [3.8, 4) is 5.75 Å². The minimum absolute atomic E-state index is 0.0625. The molecule has 1 rings (SSSR count). The van der Waals surface area contributed by atoms with Crippen molar-refractivity contribution in [2.45, 2.75) is 20.3 Å². The Labute approximate surface area is 90.1 Å². The van der Waals surface area contributed by atoms with Crippen LogP contribution in [0.25, 0.3) is 0 Å². The largest absolute Gasteiger partial charge is 0.497 e. The first-order valence-electron chi connectivity index (χ1n) is 4.64. The van der Waals surface area contributed by atoms with Crippen LogP contribution < -0.4 is 4.74 Å². The molecule has 0 aliphatic rings. The van der Waals surface area contributed by atoms with Crippen LogP contribution in [0, 0.1) is 0 Å². The average Bonchev–Trinajstić information content (AvgIpc) is 2.18. The van der Waals surface area contributed by atoms with Gasteiger partial charge in [0.15, 0.2) is 0 Å². The lowest BCUT2D eigenvalue weighted by Gasteiger charge is -1.93. The second-order valence-corrected chi connectivity index (χ2v) is 3.10. The molecule has 0 aliphatic heterocycles. The van der Waals surface area contributed by atoms with E-state index >= 15 is 0 Å². The minimum atomic E-state index is -0.0625. The molecule has 0 N–H and O–H groups in total. The number of hydrogen-bond donors (Lipinski definition) is 0. The second-order valence-electron chi connectivity index (χ2n) is 3.10. The van der Waals surface area contributed by atoms with Gasteiger partial charge >= 0.3 is 0 Å². The van der Waals surface area contributed by atoms with E-state index in [1.807, 2.05) is 30.3 Å². The maximum Gasteiger partial charge on any atom is 0.137 e. The summed E-state index contributed by atoms with van der Waals surface area (Å²) in [7, 11) is 1.66. The summed E-state index contributed by atoms with van der Waals surface area (Å²) >= 11 is 0. The van der Waals surface area contributed by atoms with Gasteiger partial charge in [-0.05, 0) is 26.0 Å². The monoisotopic (exact) mass is 208 g/mol. The van der Waals surface area contributed by atoms with Gasteiger partial charge in [0, 0.05) is 0 Å². The fraction of sp³-hybridized carbons (Fsp3) is 0.333. The maximum atomic E-state index is 10.0. The van der Waals surface area contributed by atoms with E-state index in [0.717, 1.165) is 5.75 Å². The van der Waals surface area contributed by atoms with Crippen LogP contribution in [-0.4, -0.2) is 18.7 Å². The van der Waals surface area contributed by atoms with E-state index in [9.17, 15) is 9.59 Å². The Kier molecular flexibility index (Phi) is 6.89. The molecule has 0 radical (unpaired) electrons. The van der Waals surface area contributed by atoms with Gasteiger partial charge in [0.2, 0.25) is 0 Å². The fourth-order valence-corrected chi connectivity index (χ4v) is 0.907. The molecule has 82 valence electrons. The topological polar surface area (TPSA) is 43.4 Å². The molecule has 0 unspecified atom stereocenters. The quantitative estimate of drug-likeness (QED) is 0.715. The van der Waals surface area contributed by atoms with Crippen LogP contribution in [0.4, 0.5) is 0 Å². The van der Waals surface area contributed by atoms with Crippen molar-refractivity contribution in [1.29, 1.82) is 0 Å². The summed E-state index contributed by atoms with van der Waals surface area (Å²) in [6.45, 7) is 2.81. The van der Waals surface area contributed by atoms with Gasteiger partial charge in [-0.3, -0.25) is 9.59 Å². The Balaban J connectivity index is 0.000000265. The number of Topliss-reactive ketones (excluding diaryl/α,β-unsaturated/α-hetero) is 2. The number of rotatable bonds is 3. The third-order valence-electron chi connectivity index (χ3n) is 1.48. The lowest BCUT2D eigenvalue weighted by molar-refractivity contribution is -0.124. The molecule has 0 heterocycles. The van der Waals surface area contributed by atoms with Crippen molar-refractivity contribution in [1.82, 2.24) is 0 Å². The number of methoxy groups -OCH3 is 1. The SMILES string of the molecule is CC(=O)CC(C)=O.COc1ccccc1. The number of ether oxygens (including phenoxy) is 1. The molecule has 0 fully saturated rings. The van der Waals surface area contributed by atoms with E-state index in [2.05, 4.69) is 0 Å². The molecule has 0 aliphatic carbocycles. The highest BCUT2D eigenvalue weighted by molar-refractivity contribution is 5.96. The highest BCUT2D eigenvalue weighted by Gasteiger charge is 1.94. The van der Waals surface area contributed by atoms with Crippen molar-refractivity contribution < 1.29 is 14.3 Å². The van der Waals surface area contributed by atoms with E-state index in [4.69, 9.17) is 4.74 Å². The van der Waals surface area contributed by atoms with Crippen LogP contribution in [0.15, 0.2) is 30.3 Å². The first-order chi connectivity index (χ1) is 7.06. The van der Waals surface area contributed by atoms with Crippen LogP contribution in [-0.2, 0) is 9.59 Å². The molecule has 15 heavy (non-hydrogen) atoms. The Morgan fingerprint density at radius 2 is 1.53 bits per heavy atom. The Morgan fingerprint density at radius 1 is 1.07 bits per heavy atom. The Hall–Kier alpha value is -1.64. The fourth-order valence-electron chi connectivity index (χ4n) is 0.907. The van der Waals surface area contributed by atoms with Crippen molar-refractivity contribution in [2.75, 3.05) is 7.11 Å². The molecule has 0 aromatic heterocycles. The van der Waals surface area contributed by atoms with E-state index in [1.54, 1.807) is 7.11 Å². The van der Waals surface area contributed by atoms with E-state index in [-0.39, 0.29) is 18.0 Å². The van der Waals surface area contributed by atoms with Gasteiger partial charge in [-0.25, -0.2) is 0 Å². The lowest BCUT2D eigenvalue weighted by atomic mass is 10.2. The maximum absolute atomic E-state index is 10.0. The minimum Gasteiger partial charge on any atom is -0.497 e. The predicted molar refractivity (Wildman–Crippen MR) is 59.0 cm³/mol. The number of hydrogen-bond acceptors (Lipinski definition) is 3. The summed E-state index contributed by atoms with van der Waals surface area (Å²) in [5.41, 5.74) is 0. The molecule has 1 aromatic rings. The molecule has 3 nitrogen and oxygen atoms in total. The summed E-state index contributed by atoms with van der Waals surface area (Å²) in [5, 5.41) is 0. The van der Waals surface area contributed by atoms with E-state index < -0.39 is 0 Å². The van der Waals surface area contributed by atoms with Gasteiger partial charge in [0.25, 0.3) is 0 Å². The molecule has 1 aromatic carbocycles. The summed E-state index contributed by atoms with van der Waals surface area (Å²) in [5.74, 6) is 0.785. The van der Waals surface area contributed by atoms with E-state index in [1.165, 1.54) is 13.8 Å². The standard InChI is InChI=1S/C7H8O.C5H8O2/c1-8-7-5-3-2-4-6-7;1-4(6)3-5(2)7/h2-6H,1H3;3H2,1-2H3. The molecule has 0 amide bonds. The third-order valence-corrected chi connectivity index (χ3v) is 1.48. The molecule has 0 atom stereocenters. The van der Waals surface area contributed by atoms with Crippen molar-refractivity contribution >= 4 is 11.6 Å². The average molecular weight is 208 g/mol. The van der Waals surface area contributed by atoms with Gasteiger partial charge in [0.1, 0.15) is 17.3 Å². The smallest absolute Gasteiger partial charge is 0.137 e. The van der Waals surface area contributed by atoms with Crippen molar-refractivity contribution in [3.63, 3.8) is 0 Å². The molecule has 0 saturated heterocycles. The third kappa shape index (κ3) is 8.68. The summed E-state index contributed by atoms with van der Waals surface area (Å²) in [4.78, 5) is 20.1. The normalized spacial score (nSPS) is 8.47. The second kappa shape index (κ2) is 7.74. The number of para-hydroxylation sites is 1. The number of carbonyl (C=O) groups excluding carboxylic acids is 2. The molecular weight excluding hydrogens is 192 g/mol. The zero-order valence-electron chi connectivity index (χ0n) is 9.32. The van der Waals surface area contributed by atoms with Gasteiger partial charge in [0.05, 0.1) is 13.5 Å². The van der Waals surface area contributed by atoms with Crippen molar-refractivity contribution in [2.24, 2.45) is 0 Å². The van der Waals surface area contributed by atoms with Crippen LogP contribution in [0.1, 0.15) is 20.3 Å². The Morgan fingerprint density at radius 3 is 1.73 bits per heavy atom.